The first-order valence-corrected chi connectivity index (χ1v) is 8.82. The molecule has 1 unspecified atom stereocenters. The second-order valence-electron chi connectivity index (χ2n) is 4.32. The largest absolute Gasteiger partial charge is 0.392 e. The molecule has 1 aromatic rings. The Hall–Kier alpha value is 0.340. The molecule has 1 heterocycles. The van der Waals surface area contributed by atoms with Crippen molar-refractivity contribution in [3.05, 3.63) is 14.9 Å². The van der Waals surface area contributed by atoms with Crippen LogP contribution in [0, 0.1) is 5.92 Å². The molecule has 1 rings (SSSR count). The van der Waals surface area contributed by atoms with E-state index in [4.69, 9.17) is 11.6 Å². The third-order valence-corrected chi connectivity index (χ3v) is 6.51. The zero-order valence-corrected chi connectivity index (χ0v) is 14.0. The maximum Gasteiger partial charge on any atom is 0.250 e. The van der Waals surface area contributed by atoms with Crippen LogP contribution in [0.2, 0.25) is 5.02 Å². The quantitative estimate of drug-likeness (QED) is 0.802. The van der Waals surface area contributed by atoms with Gasteiger partial charge in [-0.1, -0.05) is 25.4 Å². The molecule has 8 heteroatoms. The molecule has 4 nitrogen and oxygen atoms in total. The molecule has 104 valence electrons. The number of halogens is 2. The SMILES string of the molecule is CC(C)CC(O)CNS(=O)(=O)c1cc(Cl)c(Br)s1. The Morgan fingerprint density at radius 1 is 1.56 bits per heavy atom. The van der Waals surface area contributed by atoms with Crippen LogP contribution in [0.5, 0.6) is 0 Å². The van der Waals surface area contributed by atoms with Gasteiger partial charge in [0.05, 0.1) is 14.9 Å². The van der Waals surface area contributed by atoms with Gasteiger partial charge < -0.3 is 5.11 Å². The minimum absolute atomic E-state index is 0.00759. The standard InChI is InChI=1S/C10H15BrClNO3S2/c1-6(2)3-7(14)5-13-18(15,16)9-4-8(12)10(11)17-9/h4,6-7,13-14H,3,5H2,1-2H3. The van der Waals surface area contributed by atoms with Gasteiger partial charge in [0.15, 0.2) is 0 Å². The zero-order chi connectivity index (χ0) is 13.9. The summed E-state index contributed by atoms with van der Waals surface area (Å²) in [5, 5.41) is 9.99. The van der Waals surface area contributed by atoms with Crippen molar-refractivity contribution in [1.82, 2.24) is 4.72 Å². The third-order valence-electron chi connectivity index (χ3n) is 2.14. The van der Waals surface area contributed by atoms with Crippen molar-refractivity contribution in [2.75, 3.05) is 6.54 Å². The van der Waals surface area contributed by atoms with Crippen LogP contribution in [0.25, 0.3) is 0 Å². The van der Waals surface area contributed by atoms with Crippen molar-refractivity contribution in [2.24, 2.45) is 5.92 Å². The molecule has 1 aromatic heterocycles. The van der Waals surface area contributed by atoms with Crippen LogP contribution in [-0.2, 0) is 10.0 Å². The van der Waals surface area contributed by atoms with E-state index in [9.17, 15) is 13.5 Å². The highest BCUT2D eigenvalue weighted by atomic mass is 79.9. The van der Waals surface area contributed by atoms with Crippen LogP contribution in [0.1, 0.15) is 20.3 Å². The summed E-state index contributed by atoms with van der Waals surface area (Å²) >= 11 is 9.99. The second kappa shape index (κ2) is 6.67. The van der Waals surface area contributed by atoms with Crippen molar-refractivity contribution in [2.45, 2.75) is 30.6 Å². The maximum atomic E-state index is 11.9. The lowest BCUT2D eigenvalue weighted by Gasteiger charge is -2.13. The van der Waals surface area contributed by atoms with Gasteiger partial charge in [-0.15, -0.1) is 11.3 Å². The molecule has 0 radical (unpaired) electrons. The predicted molar refractivity (Wildman–Crippen MR) is 77.7 cm³/mol. The van der Waals surface area contributed by atoms with Gasteiger partial charge >= 0.3 is 0 Å². The molecule has 0 saturated heterocycles. The van der Waals surface area contributed by atoms with E-state index in [1.165, 1.54) is 6.07 Å². The van der Waals surface area contributed by atoms with Gasteiger partial charge in [0.2, 0.25) is 10.0 Å². The summed E-state index contributed by atoms with van der Waals surface area (Å²) in [6.45, 7) is 3.94. The van der Waals surface area contributed by atoms with Crippen LogP contribution in [0.15, 0.2) is 14.1 Å². The van der Waals surface area contributed by atoms with Crippen molar-refractivity contribution < 1.29 is 13.5 Å². The zero-order valence-electron chi connectivity index (χ0n) is 9.98. The van der Waals surface area contributed by atoms with Gasteiger partial charge in [-0.05, 0) is 34.3 Å². The molecular formula is C10H15BrClNO3S2. The van der Waals surface area contributed by atoms with E-state index in [-0.39, 0.29) is 10.8 Å². The molecule has 0 aliphatic heterocycles. The Morgan fingerprint density at radius 2 is 2.17 bits per heavy atom. The van der Waals surface area contributed by atoms with Crippen LogP contribution in [-0.4, -0.2) is 26.2 Å². The first-order valence-electron chi connectivity index (χ1n) is 5.35. The number of hydrogen-bond donors (Lipinski definition) is 2. The smallest absolute Gasteiger partial charge is 0.250 e. The number of aliphatic hydroxyl groups is 1. The van der Waals surface area contributed by atoms with Gasteiger partial charge in [-0.2, -0.15) is 0 Å². The molecule has 0 fully saturated rings. The molecule has 0 aromatic carbocycles. The first kappa shape index (κ1) is 16.4. The molecule has 0 spiro atoms. The van der Waals surface area contributed by atoms with Gasteiger partial charge in [-0.25, -0.2) is 13.1 Å². The van der Waals surface area contributed by atoms with Crippen LogP contribution >= 0.6 is 38.9 Å². The predicted octanol–water partition coefficient (Wildman–Crippen LogP) is 2.85. The number of aliphatic hydroxyl groups excluding tert-OH is 1. The lowest BCUT2D eigenvalue weighted by molar-refractivity contribution is 0.152. The van der Waals surface area contributed by atoms with Gasteiger partial charge in [0, 0.05) is 6.54 Å². The van der Waals surface area contributed by atoms with Gasteiger partial charge in [0.1, 0.15) is 4.21 Å². The number of hydrogen-bond acceptors (Lipinski definition) is 4. The van der Waals surface area contributed by atoms with E-state index in [2.05, 4.69) is 20.7 Å². The topological polar surface area (TPSA) is 66.4 Å². The highest BCUT2D eigenvalue weighted by Crippen LogP contribution is 2.34. The summed E-state index contributed by atoms with van der Waals surface area (Å²) in [5.74, 6) is 0.315. The summed E-state index contributed by atoms with van der Waals surface area (Å²) in [5.41, 5.74) is 0. The summed E-state index contributed by atoms with van der Waals surface area (Å²) in [4.78, 5) is 0. The lowest BCUT2D eigenvalue weighted by Crippen LogP contribution is -2.32. The fourth-order valence-corrected chi connectivity index (χ4v) is 4.88. The Balaban J connectivity index is 2.66. The lowest BCUT2D eigenvalue weighted by atomic mass is 10.1. The number of nitrogens with one attached hydrogen (secondary N) is 1. The number of thiophene rings is 1. The summed E-state index contributed by atoms with van der Waals surface area (Å²) in [6, 6.07) is 1.38. The molecule has 0 bridgehead atoms. The average molecular weight is 377 g/mol. The fourth-order valence-electron chi connectivity index (χ4n) is 1.36. The Kier molecular flexibility index (Phi) is 6.08. The van der Waals surface area contributed by atoms with Crippen molar-refractivity contribution in [3.63, 3.8) is 0 Å². The van der Waals surface area contributed by atoms with E-state index in [1.54, 1.807) is 0 Å². The molecule has 18 heavy (non-hydrogen) atoms. The van der Waals surface area contributed by atoms with E-state index in [0.29, 0.717) is 21.1 Å². The second-order valence-corrected chi connectivity index (χ2v) is 9.09. The number of rotatable bonds is 6. The first-order chi connectivity index (χ1) is 8.22. The van der Waals surface area contributed by atoms with E-state index >= 15 is 0 Å². The highest BCUT2D eigenvalue weighted by molar-refractivity contribution is 9.11. The monoisotopic (exact) mass is 375 g/mol. The van der Waals surface area contributed by atoms with Crippen molar-refractivity contribution in [3.8, 4) is 0 Å². The van der Waals surface area contributed by atoms with Crippen molar-refractivity contribution >= 4 is 48.9 Å². The highest BCUT2D eigenvalue weighted by Gasteiger charge is 2.20. The maximum absolute atomic E-state index is 11.9. The molecule has 0 amide bonds. The van der Waals surface area contributed by atoms with E-state index in [1.807, 2.05) is 13.8 Å². The van der Waals surface area contributed by atoms with Gasteiger partial charge in [0.25, 0.3) is 0 Å². The normalized spacial score (nSPS) is 14.1. The molecule has 0 aliphatic rings. The Labute approximate surface area is 125 Å². The minimum Gasteiger partial charge on any atom is -0.392 e. The molecule has 2 N–H and O–H groups in total. The Morgan fingerprint density at radius 3 is 2.61 bits per heavy atom. The molecule has 1 atom stereocenters. The van der Waals surface area contributed by atoms with Crippen LogP contribution < -0.4 is 4.72 Å². The number of sulfonamides is 1. The summed E-state index contributed by atoms with van der Waals surface area (Å²) in [6.07, 6.45) is -0.129. The van der Waals surface area contributed by atoms with Crippen LogP contribution in [0.3, 0.4) is 0 Å². The minimum atomic E-state index is -3.60. The average Bonchev–Trinajstić information content (AvgIpc) is 2.56. The van der Waals surface area contributed by atoms with Crippen LogP contribution in [0.4, 0.5) is 0 Å². The molecule has 0 aliphatic carbocycles. The Bertz CT molecular complexity index is 482. The summed E-state index contributed by atoms with van der Waals surface area (Å²) in [7, 11) is -3.60. The molecule has 0 saturated carbocycles. The van der Waals surface area contributed by atoms with Gasteiger partial charge in [-0.3, -0.25) is 0 Å². The van der Waals surface area contributed by atoms with E-state index in [0.717, 1.165) is 11.3 Å². The molecular weight excluding hydrogens is 362 g/mol. The summed E-state index contributed by atoms with van der Waals surface area (Å²) < 4.78 is 26.9. The fraction of sp³-hybridized carbons (Fsp3) is 0.600. The van der Waals surface area contributed by atoms with E-state index < -0.39 is 16.1 Å². The van der Waals surface area contributed by atoms with Crippen molar-refractivity contribution in [1.29, 1.82) is 0 Å². The third kappa shape index (κ3) is 4.79.